The van der Waals surface area contributed by atoms with E-state index in [1.165, 1.54) is 0 Å². The molecule has 2 N–H and O–H groups in total. The van der Waals surface area contributed by atoms with E-state index in [1.54, 1.807) is 0 Å². The fraction of sp³-hybridized carbons (Fsp3) is 0.278. The Labute approximate surface area is 130 Å². The standard InChI is InChI=1S/C18H20N2O2/c21-18(20-13-14-11-19-12-14)17(15-7-3-1-4-8-15)22-16-9-5-2-6-10-16/h1-10,14,17,19H,11-13H2,(H,20,21). The van der Waals surface area contributed by atoms with Crippen molar-refractivity contribution < 1.29 is 9.53 Å². The predicted octanol–water partition coefficient (Wildman–Crippen LogP) is 2.14. The maximum atomic E-state index is 12.5. The lowest BCUT2D eigenvalue weighted by molar-refractivity contribution is -0.128. The Hall–Kier alpha value is -2.33. The van der Waals surface area contributed by atoms with E-state index >= 15 is 0 Å². The van der Waals surface area contributed by atoms with Crippen molar-refractivity contribution >= 4 is 5.91 Å². The minimum absolute atomic E-state index is 0.0954. The Kier molecular flexibility index (Phi) is 4.71. The number of hydrogen-bond donors (Lipinski definition) is 2. The van der Waals surface area contributed by atoms with Crippen LogP contribution in [0.15, 0.2) is 60.7 Å². The Bertz CT molecular complexity index is 597. The first kappa shape index (κ1) is 14.6. The van der Waals surface area contributed by atoms with Gasteiger partial charge in [-0.3, -0.25) is 4.79 Å². The molecule has 22 heavy (non-hydrogen) atoms. The molecule has 114 valence electrons. The molecule has 1 fully saturated rings. The molecule has 0 saturated carbocycles. The van der Waals surface area contributed by atoms with Gasteiger partial charge in [-0.1, -0.05) is 48.5 Å². The van der Waals surface area contributed by atoms with Gasteiger partial charge >= 0.3 is 0 Å². The lowest BCUT2D eigenvalue weighted by Gasteiger charge is -2.28. The van der Waals surface area contributed by atoms with Crippen molar-refractivity contribution in [1.82, 2.24) is 10.6 Å². The summed E-state index contributed by atoms with van der Waals surface area (Å²) in [6, 6.07) is 19.0. The zero-order valence-electron chi connectivity index (χ0n) is 12.4. The number of benzene rings is 2. The molecule has 1 saturated heterocycles. The molecule has 1 aliphatic rings. The number of amides is 1. The van der Waals surface area contributed by atoms with Crippen LogP contribution in [0.5, 0.6) is 5.75 Å². The summed E-state index contributed by atoms with van der Waals surface area (Å²) in [5.74, 6) is 1.12. The highest BCUT2D eigenvalue weighted by Gasteiger charge is 2.24. The van der Waals surface area contributed by atoms with Gasteiger partial charge in [-0.2, -0.15) is 0 Å². The number of nitrogens with one attached hydrogen (secondary N) is 2. The number of ether oxygens (including phenoxy) is 1. The van der Waals surface area contributed by atoms with E-state index in [0.717, 1.165) is 18.7 Å². The molecular weight excluding hydrogens is 276 g/mol. The van der Waals surface area contributed by atoms with E-state index < -0.39 is 6.10 Å². The summed E-state index contributed by atoms with van der Waals surface area (Å²) in [6.07, 6.45) is -0.628. The fourth-order valence-electron chi connectivity index (χ4n) is 2.37. The van der Waals surface area contributed by atoms with Gasteiger partial charge in [-0.15, -0.1) is 0 Å². The Balaban J connectivity index is 1.71. The maximum absolute atomic E-state index is 12.5. The third kappa shape index (κ3) is 3.65. The first-order valence-corrected chi connectivity index (χ1v) is 7.58. The van der Waals surface area contributed by atoms with Crippen molar-refractivity contribution in [3.63, 3.8) is 0 Å². The molecule has 0 spiro atoms. The van der Waals surface area contributed by atoms with Gasteiger partial charge in [0.05, 0.1) is 0 Å². The minimum atomic E-state index is -0.628. The molecule has 1 heterocycles. The Morgan fingerprint density at radius 2 is 1.73 bits per heavy atom. The monoisotopic (exact) mass is 296 g/mol. The van der Waals surface area contributed by atoms with Gasteiger partial charge in [-0.05, 0) is 12.1 Å². The molecule has 1 amide bonds. The lowest BCUT2D eigenvalue weighted by atomic mass is 10.0. The molecule has 4 heteroatoms. The topological polar surface area (TPSA) is 50.4 Å². The van der Waals surface area contributed by atoms with E-state index in [0.29, 0.717) is 18.2 Å². The summed E-state index contributed by atoms with van der Waals surface area (Å²) in [5, 5.41) is 6.20. The van der Waals surface area contributed by atoms with Crippen LogP contribution in [0.3, 0.4) is 0 Å². The highest BCUT2D eigenvalue weighted by atomic mass is 16.5. The smallest absolute Gasteiger partial charge is 0.265 e. The normalized spacial score (nSPS) is 15.6. The molecule has 1 aliphatic heterocycles. The van der Waals surface area contributed by atoms with Crippen molar-refractivity contribution in [2.75, 3.05) is 19.6 Å². The summed E-state index contributed by atoms with van der Waals surface area (Å²) in [7, 11) is 0. The van der Waals surface area contributed by atoms with E-state index in [4.69, 9.17) is 4.74 Å². The van der Waals surface area contributed by atoms with Crippen LogP contribution in [0.4, 0.5) is 0 Å². The molecule has 2 aromatic rings. The highest BCUT2D eigenvalue weighted by Crippen LogP contribution is 2.22. The predicted molar refractivity (Wildman–Crippen MR) is 85.6 cm³/mol. The van der Waals surface area contributed by atoms with Crippen LogP contribution in [-0.2, 0) is 4.79 Å². The molecular formula is C18H20N2O2. The zero-order valence-corrected chi connectivity index (χ0v) is 12.4. The molecule has 1 atom stereocenters. The molecule has 3 rings (SSSR count). The van der Waals surface area contributed by atoms with Gasteiger partial charge in [0.25, 0.3) is 5.91 Å². The average Bonchev–Trinajstić information content (AvgIpc) is 2.53. The number of carbonyl (C=O) groups excluding carboxylic acids is 1. The first-order chi connectivity index (χ1) is 10.8. The lowest BCUT2D eigenvalue weighted by Crippen LogP contribution is -2.49. The van der Waals surface area contributed by atoms with Crippen LogP contribution in [0.2, 0.25) is 0 Å². The summed E-state index contributed by atoms with van der Waals surface area (Å²) in [4.78, 5) is 12.5. The van der Waals surface area contributed by atoms with Crippen molar-refractivity contribution in [3.05, 3.63) is 66.2 Å². The third-order valence-corrected chi connectivity index (χ3v) is 3.77. The van der Waals surface area contributed by atoms with Crippen LogP contribution >= 0.6 is 0 Å². The van der Waals surface area contributed by atoms with E-state index in [-0.39, 0.29) is 5.91 Å². The number of rotatable bonds is 6. The van der Waals surface area contributed by atoms with Crippen molar-refractivity contribution in [3.8, 4) is 5.75 Å². The van der Waals surface area contributed by atoms with Crippen LogP contribution < -0.4 is 15.4 Å². The van der Waals surface area contributed by atoms with Crippen molar-refractivity contribution in [2.45, 2.75) is 6.10 Å². The minimum Gasteiger partial charge on any atom is -0.476 e. The second-order valence-electron chi connectivity index (χ2n) is 5.49. The summed E-state index contributed by atoms with van der Waals surface area (Å²) in [5.41, 5.74) is 0.857. The molecule has 4 nitrogen and oxygen atoms in total. The zero-order chi connectivity index (χ0) is 15.2. The van der Waals surface area contributed by atoms with Gasteiger partial charge in [0.2, 0.25) is 6.10 Å². The van der Waals surface area contributed by atoms with Crippen LogP contribution in [0.1, 0.15) is 11.7 Å². The third-order valence-electron chi connectivity index (χ3n) is 3.77. The molecule has 0 bridgehead atoms. The fourth-order valence-corrected chi connectivity index (χ4v) is 2.37. The molecule has 1 unspecified atom stereocenters. The van der Waals surface area contributed by atoms with Crippen LogP contribution in [-0.4, -0.2) is 25.5 Å². The largest absolute Gasteiger partial charge is 0.476 e. The summed E-state index contributed by atoms with van der Waals surface area (Å²) in [6.45, 7) is 2.62. The second-order valence-corrected chi connectivity index (χ2v) is 5.49. The van der Waals surface area contributed by atoms with Crippen LogP contribution in [0.25, 0.3) is 0 Å². The Morgan fingerprint density at radius 1 is 1.09 bits per heavy atom. The average molecular weight is 296 g/mol. The highest BCUT2D eigenvalue weighted by molar-refractivity contribution is 5.82. The van der Waals surface area contributed by atoms with Gasteiger partial charge < -0.3 is 15.4 Å². The van der Waals surface area contributed by atoms with Gasteiger partial charge in [-0.25, -0.2) is 0 Å². The molecule has 0 aromatic heterocycles. The van der Waals surface area contributed by atoms with Crippen molar-refractivity contribution in [2.24, 2.45) is 5.92 Å². The number of hydrogen-bond acceptors (Lipinski definition) is 3. The number of para-hydroxylation sites is 1. The molecule has 0 radical (unpaired) electrons. The van der Waals surface area contributed by atoms with Gasteiger partial charge in [0, 0.05) is 31.1 Å². The van der Waals surface area contributed by atoms with Crippen molar-refractivity contribution in [1.29, 1.82) is 0 Å². The van der Waals surface area contributed by atoms with E-state index in [2.05, 4.69) is 10.6 Å². The number of carbonyl (C=O) groups is 1. The summed E-state index contributed by atoms with van der Waals surface area (Å²) >= 11 is 0. The molecule has 2 aromatic carbocycles. The van der Waals surface area contributed by atoms with E-state index in [9.17, 15) is 4.79 Å². The molecule has 0 aliphatic carbocycles. The summed E-state index contributed by atoms with van der Waals surface area (Å²) < 4.78 is 5.92. The first-order valence-electron chi connectivity index (χ1n) is 7.58. The maximum Gasteiger partial charge on any atom is 0.265 e. The van der Waals surface area contributed by atoms with Gasteiger partial charge in [0.1, 0.15) is 5.75 Å². The van der Waals surface area contributed by atoms with Gasteiger partial charge in [0.15, 0.2) is 0 Å². The van der Waals surface area contributed by atoms with Crippen LogP contribution in [0, 0.1) is 5.92 Å². The van der Waals surface area contributed by atoms with E-state index in [1.807, 2.05) is 60.7 Å². The SMILES string of the molecule is O=C(NCC1CNC1)C(Oc1ccccc1)c1ccccc1. The Morgan fingerprint density at radius 3 is 2.32 bits per heavy atom. The second kappa shape index (κ2) is 7.09. The quantitative estimate of drug-likeness (QED) is 0.858.